The summed E-state index contributed by atoms with van der Waals surface area (Å²) in [6.07, 6.45) is 0. The fraction of sp³-hybridized carbons (Fsp3) is 0.300. The number of alkyl halides is 1. The monoisotopic (exact) mass is 243 g/mol. The predicted octanol–water partition coefficient (Wildman–Crippen LogP) is 4.30. The molecule has 0 atom stereocenters. The number of rotatable bonds is 1. The van der Waals surface area contributed by atoms with Crippen LogP contribution in [0.1, 0.15) is 19.4 Å². The molecule has 0 saturated heterocycles. The Balaban J connectivity index is 0.000000671. The van der Waals surface area contributed by atoms with Crippen LogP contribution in [0.4, 0.5) is 10.1 Å². The Kier molecular flexibility index (Phi) is 6.17. The molecular formula is C10H11BrFN. The van der Waals surface area contributed by atoms with Crippen molar-refractivity contribution in [3.8, 4) is 0 Å². The van der Waals surface area contributed by atoms with Crippen molar-refractivity contribution >= 4 is 21.6 Å². The number of nitrogens with zero attached hydrogens (tertiary/aromatic N) is 1. The molecule has 1 nitrogen and oxygen atoms in total. The summed E-state index contributed by atoms with van der Waals surface area (Å²) in [4.78, 5) is 3.01. The molecular weight excluding hydrogens is 233 g/mol. The fourth-order valence-electron chi connectivity index (χ4n) is 0.724. The third kappa shape index (κ3) is 3.56. The molecule has 0 radical (unpaired) electrons. The lowest BCUT2D eigenvalue weighted by Crippen LogP contribution is -1.79. The summed E-state index contributed by atoms with van der Waals surface area (Å²) in [6.45, 7) is 10.6. The summed E-state index contributed by atoms with van der Waals surface area (Å²) < 4.78 is 12.8. The topological polar surface area (TPSA) is 4.36 Å². The van der Waals surface area contributed by atoms with Gasteiger partial charge in [-0.05, 0) is 11.6 Å². The van der Waals surface area contributed by atoms with Gasteiger partial charge in [0.25, 0.3) is 0 Å². The number of hydrogen-bond donors (Lipinski definition) is 0. The Morgan fingerprint density at radius 2 is 2.08 bits per heavy atom. The molecule has 0 unspecified atom stereocenters. The zero-order valence-corrected chi connectivity index (χ0v) is 9.23. The summed E-state index contributed by atoms with van der Waals surface area (Å²) in [5.41, 5.74) is 0.921. The summed E-state index contributed by atoms with van der Waals surface area (Å²) in [6, 6.07) is 4.58. The lowest BCUT2D eigenvalue weighted by atomic mass is 10.2. The molecule has 1 aromatic carbocycles. The Bertz CT molecular complexity index is 304. The Labute approximate surface area is 86.5 Å². The highest BCUT2D eigenvalue weighted by molar-refractivity contribution is 9.08. The Morgan fingerprint density at radius 1 is 1.46 bits per heavy atom. The maximum Gasteiger partial charge on any atom is 0.222 e. The second-order valence-corrected chi connectivity index (χ2v) is 2.59. The third-order valence-electron chi connectivity index (χ3n) is 1.29. The van der Waals surface area contributed by atoms with E-state index in [1.54, 1.807) is 6.07 Å². The molecule has 0 saturated carbocycles. The largest absolute Gasteiger partial charge is 0.235 e. The van der Waals surface area contributed by atoms with Crippen LogP contribution in [-0.4, -0.2) is 0 Å². The van der Waals surface area contributed by atoms with Crippen LogP contribution in [0.5, 0.6) is 0 Å². The lowest BCUT2D eigenvalue weighted by molar-refractivity contribution is 0.632. The summed E-state index contributed by atoms with van der Waals surface area (Å²) >= 11 is 3.19. The second-order valence-electron chi connectivity index (χ2n) is 2.03. The standard InChI is InChI=1S/C8H5BrFN.C2H6/c1-11-8-3-2-6(5-9)4-7(8)10;1-2/h2-4H,5H2;1-2H3. The van der Waals surface area contributed by atoms with Gasteiger partial charge in [0.05, 0.1) is 6.57 Å². The average molecular weight is 244 g/mol. The zero-order valence-electron chi connectivity index (χ0n) is 7.64. The van der Waals surface area contributed by atoms with Gasteiger partial charge in [0, 0.05) is 5.33 Å². The fourth-order valence-corrected chi connectivity index (χ4v) is 1.07. The highest BCUT2D eigenvalue weighted by Crippen LogP contribution is 2.19. The minimum Gasteiger partial charge on any atom is -0.235 e. The van der Waals surface area contributed by atoms with Gasteiger partial charge in [-0.3, -0.25) is 0 Å². The van der Waals surface area contributed by atoms with Gasteiger partial charge in [-0.2, -0.15) is 0 Å². The van der Waals surface area contributed by atoms with Gasteiger partial charge in [0.15, 0.2) is 0 Å². The highest BCUT2D eigenvalue weighted by atomic mass is 79.9. The van der Waals surface area contributed by atoms with E-state index >= 15 is 0 Å². The molecule has 1 rings (SSSR count). The highest BCUT2D eigenvalue weighted by Gasteiger charge is 2.00. The van der Waals surface area contributed by atoms with Crippen molar-refractivity contribution < 1.29 is 4.39 Å². The van der Waals surface area contributed by atoms with Crippen molar-refractivity contribution in [3.63, 3.8) is 0 Å². The zero-order chi connectivity index (χ0) is 10.3. The molecule has 0 spiro atoms. The van der Waals surface area contributed by atoms with Crippen molar-refractivity contribution in [1.82, 2.24) is 0 Å². The molecule has 0 fully saturated rings. The molecule has 70 valence electrons. The average Bonchev–Trinajstić information content (AvgIpc) is 2.20. The van der Waals surface area contributed by atoms with Crippen LogP contribution in [0.25, 0.3) is 4.85 Å². The molecule has 0 N–H and O–H groups in total. The van der Waals surface area contributed by atoms with E-state index in [9.17, 15) is 4.39 Å². The summed E-state index contributed by atoms with van der Waals surface area (Å²) in [7, 11) is 0. The number of halogens is 2. The van der Waals surface area contributed by atoms with Crippen LogP contribution < -0.4 is 0 Å². The van der Waals surface area contributed by atoms with E-state index in [1.807, 2.05) is 13.8 Å². The van der Waals surface area contributed by atoms with Gasteiger partial charge in [0.2, 0.25) is 5.69 Å². The predicted molar refractivity (Wildman–Crippen MR) is 56.6 cm³/mol. The summed E-state index contributed by atoms with van der Waals surface area (Å²) in [5.74, 6) is -0.447. The first-order valence-corrected chi connectivity index (χ1v) is 5.12. The van der Waals surface area contributed by atoms with Crippen molar-refractivity contribution in [1.29, 1.82) is 0 Å². The quantitative estimate of drug-likeness (QED) is 0.512. The van der Waals surface area contributed by atoms with E-state index in [-0.39, 0.29) is 5.69 Å². The molecule has 3 heteroatoms. The van der Waals surface area contributed by atoms with E-state index in [4.69, 9.17) is 6.57 Å². The second kappa shape index (κ2) is 6.62. The first-order valence-electron chi connectivity index (χ1n) is 4.00. The van der Waals surface area contributed by atoms with Crippen LogP contribution in [0.3, 0.4) is 0 Å². The summed E-state index contributed by atoms with van der Waals surface area (Å²) in [5, 5.41) is 0.613. The van der Waals surface area contributed by atoms with Crippen molar-refractivity contribution in [2.45, 2.75) is 19.2 Å². The lowest BCUT2D eigenvalue weighted by Gasteiger charge is -1.96. The van der Waals surface area contributed by atoms with Crippen molar-refractivity contribution in [2.75, 3.05) is 0 Å². The maximum absolute atomic E-state index is 12.8. The minimum absolute atomic E-state index is 0.0784. The number of hydrogen-bond acceptors (Lipinski definition) is 0. The van der Waals surface area contributed by atoms with Gasteiger partial charge in [-0.15, -0.1) is 0 Å². The smallest absolute Gasteiger partial charge is 0.222 e. The number of benzene rings is 1. The van der Waals surface area contributed by atoms with Gasteiger partial charge in [-0.25, -0.2) is 9.24 Å². The van der Waals surface area contributed by atoms with Crippen LogP contribution in [-0.2, 0) is 5.33 Å². The molecule has 0 bridgehead atoms. The van der Waals surface area contributed by atoms with E-state index in [0.717, 1.165) is 5.56 Å². The molecule has 1 aromatic rings. The molecule has 0 aliphatic heterocycles. The van der Waals surface area contributed by atoms with Crippen LogP contribution in [0.2, 0.25) is 0 Å². The Morgan fingerprint density at radius 3 is 2.46 bits per heavy atom. The van der Waals surface area contributed by atoms with E-state index in [2.05, 4.69) is 20.8 Å². The van der Waals surface area contributed by atoms with Crippen LogP contribution in [0, 0.1) is 12.4 Å². The first-order chi connectivity index (χ1) is 6.27. The van der Waals surface area contributed by atoms with E-state index in [1.165, 1.54) is 12.1 Å². The first kappa shape index (κ1) is 12.1. The van der Waals surface area contributed by atoms with Gasteiger partial charge in [-0.1, -0.05) is 41.9 Å². The van der Waals surface area contributed by atoms with Crippen molar-refractivity contribution in [2.24, 2.45) is 0 Å². The van der Waals surface area contributed by atoms with Gasteiger partial charge >= 0.3 is 0 Å². The third-order valence-corrected chi connectivity index (χ3v) is 1.93. The van der Waals surface area contributed by atoms with Crippen LogP contribution >= 0.6 is 15.9 Å². The SMILES string of the molecule is CC.[C-]#[N+]c1ccc(CBr)cc1F. The van der Waals surface area contributed by atoms with Crippen molar-refractivity contribution in [3.05, 3.63) is 41.0 Å². The molecule has 13 heavy (non-hydrogen) atoms. The molecule has 0 aromatic heterocycles. The van der Waals surface area contributed by atoms with Crippen LogP contribution in [0.15, 0.2) is 18.2 Å². The van der Waals surface area contributed by atoms with Gasteiger partial charge < -0.3 is 0 Å². The molecule has 0 amide bonds. The van der Waals surface area contributed by atoms with E-state index < -0.39 is 5.82 Å². The van der Waals surface area contributed by atoms with Gasteiger partial charge in [0.1, 0.15) is 5.82 Å². The molecule has 0 heterocycles. The molecule has 0 aliphatic carbocycles. The maximum atomic E-state index is 12.8. The van der Waals surface area contributed by atoms with E-state index in [0.29, 0.717) is 5.33 Å². The minimum atomic E-state index is -0.447. The molecule has 0 aliphatic rings. The normalized spacial score (nSPS) is 8.23. The Hall–Kier alpha value is -0.880.